The van der Waals surface area contributed by atoms with Crippen LogP contribution in [0.15, 0.2) is 67.3 Å². The fraction of sp³-hybridized carbons (Fsp3) is 0.500. The predicted molar refractivity (Wildman–Crippen MR) is 150 cm³/mol. The molecule has 4 rings (SSSR count). The van der Waals surface area contributed by atoms with E-state index in [1.807, 2.05) is 61.7 Å². The third kappa shape index (κ3) is 5.57. The first-order valence-corrected chi connectivity index (χ1v) is 13.8. The molecule has 1 aliphatic heterocycles. The molecule has 6 nitrogen and oxygen atoms in total. The third-order valence-corrected chi connectivity index (χ3v) is 8.38. The van der Waals surface area contributed by atoms with Crippen LogP contribution in [-0.4, -0.2) is 66.6 Å². The minimum Gasteiger partial charge on any atom is -0.427 e. The molecule has 2 fully saturated rings. The summed E-state index contributed by atoms with van der Waals surface area (Å²) in [7, 11) is 1.82. The molecule has 0 bridgehead atoms. The molecule has 0 radical (unpaired) electrons. The summed E-state index contributed by atoms with van der Waals surface area (Å²) in [6.45, 7) is 12.9. The number of esters is 1. The summed E-state index contributed by atoms with van der Waals surface area (Å²) in [6.07, 6.45) is 5.32. The molecule has 3 atom stereocenters. The van der Waals surface area contributed by atoms with Crippen LogP contribution in [0.25, 0.3) is 0 Å². The van der Waals surface area contributed by atoms with Gasteiger partial charge in [-0.05, 0) is 68.0 Å². The van der Waals surface area contributed by atoms with E-state index in [9.17, 15) is 9.59 Å². The second kappa shape index (κ2) is 11.8. The van der Waals surface area contributed by atoms with Crippen molar-refractivity contribution in [3.8, 4) is 5.75 Å². The van der Waals surface area contributed by atoms with E-state index in [4.69, 9.17) is 9.47 Å². The largest absolute Gasteiger partial charge is 0.427 e. The van der Waals surface area contributed by atoms with Gasteiger partial charge >= 0.3 is 5.97 Å². The number of likely N-dealkylation sites (tertiary alicyclic amines) is 1. The zero-order chi connectivity index (χ0) is 27.3. The van der Waals surface area contributed by atoms with Gasteiger partial charge in [0.2, 0.25) is 0 Å². The SMILES string of the molecule is C=CCN1CC[C@@]2(c3cccc(OC(C)=O)c3)C[C@@H](N(CC(C)C)C(=O)c3ccccc3)CC[C@]2(OC)C1. The standard InChI is InChI=1S/C32H42N2O4/c1-6-18-33-19-17-31(27-13-10-14-29(20-27)38-25(4)35)21-28(15-16-32(31,23-33)37-5)34(22-24(2)3)30(36)26-11-8-7-9-12-26/h6-14,20,24,28H,1,15-19,21-23H2,2-5H3/t28-,31-,32-/m0/s1. The molecule has 6 heteroatoms. The van der Waals surface area contributed by atoms with Crippen LogP contribution in [0.4, 0.5) is 0 Å². The lowest BCUT2D eigenvalue weighted by molar-refractivity contribution is -0.153. The molecule has 2 aromatic carbocycles. The Morgan fingerprint density at radius 2 is 1.92 bits per heavy atom. The highest BCUT2D eigenvalue weighted by Gasteiger charge is 2.59. The Morgan fingerprint density at radius 1 is 1.16 bits per heavy atom. The van der Waals surface area contributed by atoms with Crippen molar-refractivity contribution >= 4 is 11.9 Å². The normalized spacial score (nSPS) is 25.4. The second-order valence-corrected chi connectivity index (χ2v) is 11.3. The molecular weight excluding hydrogens is 476 g/mol. The molecular formula is C32H42N2O4. The summed E-state index contributed by atoms with van der Waals surface area (Å²) in [5, 5.41) is 0. The highest BCUT2D eigenvalue weighted by Crippen LogP contribution is 2.54. The summed E-state index contributed by atoms with van der Waals surface area (Å²) in [5.74, 6) is 0.637. The summed E-state index contributed by atoms with van der Waals surface area (Å²) < 4.78 is 12.0. The van der Waals surface area contributed by atoms with Gasteiger partial charge in [-0.1, -0.05) is 50.3 Å². The lowest BCUT2D eigenvalue weighted by Gasteiger charge is -2.60. The van der Waals surface area contributed by atoms with Crippen LogP contribution in [0.2, 0.25) is 0 Å². The van der Waals surface area contributed by atoms with E-state index in [-0.39, 0.29) is 23.3 Å². The van der Waals surface area contributed by atoms with E-state index < -0.39 is 5.60 Å². The number of carbonyl (C=O) groups is 2. The maximum absolute atomic E-state index is 13.9. The van der Waals surface area contributed by atoms with Crippen molar-refractivity contribution in [1.29, 1.82) is 0 Å². The van der Waals surface area contributed by atoms with Crippen LogP contribution in [0.3, 0.4) is 0 Å². The van der Waals surface area contributed by atoms with Gasteiger partial charge in [-0.15, -0.1) is 6.58 Å². The third-order valence-electron chi connectivity index (χ3n) is 8.38. The Balaban J connectivity index is 1.78. The van der Waals surface area contributed by atoms with Gasteiger partial charge in [-0.25, -0.2) is 0 Å². The number of hydrogen-bond acceptors (Lipinski definition) is 5. The highest BCUT2D eigenvalue weighted by molar-refractivity contribution is 5.94. The van der Waals surface area contributed by atoms with E-state index in [0.29, 0.717) is 18.2 Å². The average Bonchev–Trinajstić information content (AvgIpc) is 2.91. The molecule has 204 valence electrons. The van der Waals surface area contributed by atoms with Crippen molar-refractivity contribution in [2.24, 2.45) is 5.92 Å². The zero-order valence-corrected chi connectivity index (χ0v) is 23.3. The van der Waals surface area contributed by atoms with Crippen LogP contribution in [0.5, 0.6) is 5.75 Å². The molecule has 1 saturated carbocycles. The Kier molecular flexibility index (Phi) is 8.74. The Morgan fingerprint density at radius 3 is 2.58 bits per heavy atom. The Bertz CT molecular complexity index is 1130. The first kappa shape index (κ1) is 28.1. The Hall–Kier alpha value is -2.96. The number of piperidine rings is 1. The molecule has 0 aromatic heterocycles. The highest BCUT2D eigenvalue weighted by atomic mass is 16.5. The maximum Gasteiger partial charge on any atom is 0.308 e. The molecule has 1 heterocycles. The van der Waals surface area contributed by atoms with E-state index in [0.717, 1.165) is 56.4 Å². The van der Waals surface area contributed by atoms with Crippen molar-refractivity contribution in [2.75, 3.05) is 33.3 Å². The molecule has 1 aliphatic carbocycles. The smallest absolute Gasteiger partial charge is 0.308 e. The van der Waals surface area contributed by atoms with Gasteiger partial charge in [0.25, 0.3) is 5.91 Å². The maximum atomic E-state index is 13.9. The molecule has 1 amide bonds. The number of amides is 1. The molecule has 0 unspecified atom stereocenters. The van der Waals surface area contributed by atoms with Crippen LogP contribution in [0.1, 0.15) is 62.4 Å². The van der Waals surface area contributed by atoms with Crippen molar-refractivity contribution < 1.29 is 19.1 Å². The average molecular weight is 519 g/mol. The lowest BCUT2D eigenvalue weighted by Crippen LogP contribution is -2.68. The fourth-order valence-corrected chi connectivity index (χ4v) is 6.73. The van der Waals surface area contributed by atoms with Gasteiger partial charge < -0.3 is 14.4 Å². The number of hydrogen-bond donors (Lipinski definition) is 0. The van der Waals surface area contributed by atoms with E-state index in [2.05, 4.69) is 36.3 Å². The first-order valence-electron chi connectivity index (χ1n) is 13.8. The van der Waals surface area contributed by atoms with Gasteiger partial charge in [0.15, 0.2) is 0 Å². The number of fused-ring (bicyclic) bond motifs is 1. The topological polar surface area (TPSA) is 59.1 Å². The van der Waals surface area contributed by atoms with E-state index in [1.54, 1.807) is 0 Å². The Labute approximate surface area is 227 Å². The number of benzene rings is 2. The van der Waals surface area contributed by atoms with Crippen LogP contribution in [0, 0.1) is 5.92 Å². The number of rotatable bonds is 9. The van der Waals surface area contributed by atoms with Gasteiger partial charge in [0.1, 0.15) is 5.75 Å². The summed E-state index contributed by atoms with van der Waals surface area (Å²) in [5.41, 5.74) is 1.06. The van der Waals surface area contributed by atoms with Crippen LogP contribution in [-0.2, 0) is 14.9 Å². The predicted octanol–water partition coefficient (Wildman–Crippen LogP) is 5.48. The minimum absolute atomic E-state index is 0.0664. The summed E-state index contributed by atoms with van der Waals surface area (Å²) in [4.78, 5) is 30.1. The quantitative estimate of drug-likeness (QED) is 0.250. The van der Waals surface area contributed by atoms with E-state index >= 15 is 0 Å². The van der Waals surface area contributed by atoms with Gasteiger partial charge in [0, 0.05) is 50.7 Å². The second-order valence-electron chi connectivity index (χ2n) is 11.3. The fourth-order valence-electron chi connectivity index (χ4n) is 6.73. The minimum atomic E-state index is -0.432. The number of ether oxygens (including phenoxy) is 2. The van der Waals surface area contributed by atoms with Gasteiger partial charge in [0.05, 0.1) is 5.60 Å². The van der Waals surface area contributed by atoms with E-state index in [1.165, 1.54) is 6.92 Å². The molecule has 2 aromatic rings. The molecule has 1 saturated heterocycles. The molecule has 2 aliphatic rings. The molecule has 38 heavy (non-hydrogen) atoms. The van der Waals surface area contributed by atoms with Gasteiger partial charge in [-0.2, -0.15) is 0 Å². The number of carbonyl (C=O) groups excluding carboxylic acids is 2. The van der Waals surface area contributed by atoms with Crippen LogP contribution >= 0.6 is 0 Å². The van der Waals surface area contributed by atoms with Gasteiger partial charge in [-0.3, -0.25) is 14.5 Å². The monoisotopic (exact) mass is 518 g/mol. The number of methoxy groups -OCH3 is 1. The van der Waals surface area contributed by atoms with Crippen molar-refractivity contribution in [3.63, 3.8) is 0 Å². The summed E-state index contributed by atoms with van der Waals surface area (Å²) in [6, 6.07) is 17.6. The summed E-state index contributed by atoms with van der Waals surface area (Å²) >= 11 is 0. The first-order chi connectivity index (χ1) is 18.2. The molecule has 0 N–H and O–H groups in total. The zero-order valence-electron chi connectivity index (χ0n) is 23.3. The molecule has 0 spiro atoms. The van der Waals surface area contributed by atoms with Crippen molar-refractivity contribution in [3.05, 3.63) is 78.4 Å². The van der Waals surface area contributed by atoms with Crippen molar-refractivity contribution in [2.45, 2.75) is 63.5 Å². The van der Waals surface area contributed by atoms with Crippen LogP contribution < -0.4 is 4.74 Å². The van der Waals surface area contributed by atoms with Crippen molar-refractivity contribution in [1.82, 2.24) is 9.80 Å². The lowest BCUT2D eigenvalue weighted by atomic mass is 9.55. The number of nitrogens with zero attached hydrogens (tertiary/aromatic N) is 2.